The quantitative estimate of drug-likeness (QED) is 0.684. The van der Waals surface area contributed by atoms with Crippen LogP contribution in [0.3, 0.4) is 0 Å². The number of hydrogen-bond acceptors (Lipinski definition) is 2. The molecule has 0 aromatic heterocycles. The van der Waals surface area contributed by atoms with Gasteiger partial charge in [0.2, 0.25) is 0 Å². The highest BCUT2D eigenvalue weighted by Gasteiger charge is 1.90. The molecule has 11 heavy (non-hydrogen) atoms. The van der Waals surface area contributed by atoms with Crippen LogP contribution in [0.4, 0.5) is 0 Å². The second-order valence-electron chi connectivity index (χ2n) is 2.25. The van der Waals surface area contributed by atoms with Gasteiger partial charge in [-0.3, -0.25) is 0 Å². The molecule has 1 aromatic rings. The van der Waals surface area contributed by atoms with E-state index in [1.807, 2.05) is 12.1 Å². The van der Waals surface area contributed by atoms with E-state index >= 15 is 0 Å². The van der Waals surface area contributed by atoms with Crippen LogP contribution in [0.1, 0.15) is 5.56 Å². The highest BCUT2D eigenvalue weighted by Crippen LogP contribution is 2.09. The minimum absolute atomic E-state index is 0.299. The second kappa shape index (κ2) is 3.66. The van der Waals surface area contributed by atoms with Gasteiger partial charge in [0.05, 0.1) is 0 Å². The van der Waals surface area contributed by atoms with Crippen molar-refractivity contribution in [3.8, 4) is 5.75 Å². The molecule has 0 atom stereocenters. The van der Waals surface area contributed by atoms with Crippen LogP contribution in [0.15, 0.2) is 37.0 Å². The van der Waals surface area contributed by atoms with Crippen LogP contribution in [0.2, 0.25) is 0 Å². The van der Waals surface area contributed by atoms with Crippen molar-refractivity contribution in [3.63, 3.8) is 0 Å². The van der Waals surface area contributed by atoms with E-state index in [1.165, 1.54) is 0 Å². The van der Waals surface area contributed by atoms with Crippen LogP contribution in [0.25, 0.3) is 0 Å². The third-order valence-electron chi connectivity index (χ3n) is 1.36. The number of benzene rings is 1. The van der Waals surface area contributed by atoms with Crippen LogP contribution in [-0.2, 0) is 6.54 Å². The van der Waals surface area contributed by atoms with Gasteiger partial charge in [-0.1, -0.05) is 18.7 Å². The van der Waals surface area contributed by atoms with Crippen molar-refractivity contribution in [1.82, 2.24) is 5.32 Å². The monoisotopic (exact) mass is 149 g/mol. The smallest absolute Gasteiger partial charge is 0.115 e. The van der Waals surface area contributed by atoms with Crippen molar-refractivity contribution in [2.75, 3.05) is 0 Å². The van der Waals surface area contributed by atoms with Crippen molar-refractivity contribution in [2.45, 2.75) is 6.54 Å². The van der Waals surface area contributed by atoms with Gasteiger partial charge in [-0.05, 0) is 23.9 Å². The minimum atomic E-state index is 0.299. The normalized spacial score (nSPS) is 9.09. The molecule has 0 aliphatic carbocycles. The van der Waals surface area contributed by atoms with Crippen LogP contribution < -0.4 is 5.32 Å². The van der Waals surface area contributed by atoms with Gasteiger partial charge < -0.3 is 10.4 Å². The zero-order valence-corrected chi connectivity index (χ0v) is 6.25. The maximum absolute atomic E-state index is 9.06. The molecule has 0 heterocycles. The number of phenols is 1. The molecule has 0 aliphatic heterocycles. The van der Waals surface area contributed by atoms with Crippen molar-refractivity contribution in [1.29, 1.82) is 0 Å². The van der Waals surface area contributed by atoms with E-state index in [0.29, 0.717) is 12.3 Å². The van der Waals surface area contributed by atoms with Gasteiger partial charge in [0.25, 0.3) is 0 Å². The number of aromatic hydroxyl groups is 1. The van der Waals surface area contributed by atoms with Gasteiger partial charge in [-0.15, -0.1) is 0 Å². The predicted molar refractivity (Wildman–Crippen MR) is 45.1 cm³/mol. The van der Waals surface area contributed by atoms with Crippen molar-refractivity contribution in [2.24, 2.45) is 0 Å². The summed E-state index contributed by atoms with van der Waals surface area (Å²) in [6.07, 6.45) is 1.63. The second-order valence-corrected chi connectivity index (χ2v) is 2.25. The van der Waals surface area contributed by atoms with Crippen LogP contribution in [0, 0.1) is 0 Å². The summed E-state index contributed by atoms with van der Waals surface area (Å²) in [5, 5.41) is 12.0. The van der Waals surface area contributed by atoms with Crippen LogP contribution in [0.5, 0.6) is 5.75 Å². The van der Waals surface area contributed by atoms with Gasteiger partial charge in [-0.25, -0.2) is 0 Å². The molecule has 0 spiro atoms. The van der Waals surface area contributed by atoms with Crippen LogP contribution in [-0.4, -0.2) is 5.11 Å². The zero-order valence-electron chi connectivity index (χ0n) is 6.25. The predicted octanol–water partition coefficient (Wildman–Crippen LogP) is 1.63. The maximum Gasteiger partial charge on any atom is 0.115 e. The Balaban J connectivity index is 2.63. The number of hydrogen-bond donors (Lipinski definition) is 2. The molecule has 0 fully saturated rings. The first kappa shape index (κ1) is 7.66. The highest BCUT2D eigenvalue weighted by molar-refractivity contribution is 5.26. The molecule has 0 unspecified atom stereocenters. The Morgan fingerprint density at radius 2 is 2.36 bits per heavy atom. The minimum Gasteiger partial charge on any atom is -0.508 e. The van der Waals surface area contributed by atoms with Crippen LogP contribution >= 0.6 is 0 Å². The van der Waals surface area contributed by atoms with E-state index < -0.39 is 0 Å². The molecule has 0 aliphatic rings. The number of phenolic OH excluding ortho intramolecular Hbond substituents is 1. The molecule has 0 amide bonds. The molecule has 0 bridgehead atoms. The van der Waals surface area contributed by atoms with E-state index in [0.717, 1.165) is 5.56 Å². The maximum atomic E-state index is 9.06. The standard InChI is InChI=1S/C9H11NO/c1-2-10-7-8-4-3-5-9(11)6-8/h2-6,10-11H,1,7H2. The summed E-state index contributed by atoms with van der Waals surface area (Å²) in [5.41, 5.74) is 1.05. The molecule has 1 rings (SSSR count). The summed E-state index contributed by atoms with van der Waals surface area (Å²) in [6, 6.07) is 7.12. The number of rotatable bonds is 3. The van der Waals surface area contributed by atoms with Crippen molar-refractivity contribution >= 4 is 0 Å². The summed E-state index contributed by atoms with van der Waals surface area (Å²) in [7, 11) is 0. The lowest BCUT2D eigenvalue weighted by Crippen LogP contribution is -2.02. The lowest BCUT2D eigenvalue weighted by Gasteiger charge is -2.00. The molecular formula is C9H11NO. The Kier molecular flexibility index (Phi) is 2.55. The molecule has 2 N–H and O–H groups in total. The van der Waals surface area contributed by atoms with E-state index in [-0.39, 0.29) is 0 Å². The Morgan fingerprint density at radius 3 is 3.00 bits per heavy atom. The van der Waals surface area contributed by atoms with Gasteiger partial charge in [0.1, 0.15) is 5.75 Å². The van der Waals surface area contributed by atoms with E-state index in [1.54, 1.807) is 18.3 Å². The highest BCUT2D eigenvalue weighted by atomic mass is 16.3. The lowest BCUT2D eigenvalue weighted by atomic mass is 10.2. The third kappa shape index (κ3) is 2.34. The van der Waals surface area contributed by atoms with E-state index in [9.17, 15) is 0 Å². The van der Waals surface area contributed by atoms with Gasteiger partial charge in [-0.2, -0.15) is 0 Å². The Bertz CT molecular complexity index is 245. The average Bonchev–Trinajstić information content (AvgIpc) is 2.01. The van der Waals surface area contributed by atoms with Gasteiger partial charge in [0, 0.05) is 6.54 Å². The molecule has 2 nitrogen and oxygen atoms in total. The average molecular weight is 149 g/mol. The molecular weight excluding hydrogens is 138 g/mol. The first-order valence-electron chi connectivity index (χ1n) is 3.45. The van der Waals surface area contributed by atoms with E-state index in [4.69, 9.17) is 5.11 Å². The van der Waals surface area contributed by atoms with Crippen molar-refractivity contribution in [3.05, 3.63) is 42.6 Å². The topological polar surface area (TPSA) is 32.3 Å². The van der Waals surface area contributed by atoms with E-state index in [2.05, 4.69) is 11.9 Å². The Labute approximate surface area is 66.2 Å². The fraction of sp³-hybridized carbons (Fsp3) is 0.111. The molecule has 0 saturated heterocycles. The fourth-order valence-corrected chi connectivity index (χ4v) is 0.856. The first-order chi connectivity index (χ1) is 5.33. The summed E-state index contributed by atoms with van der Waals surface area (Å²) in [5.74, 6) is 0.299. The molecule has 0 radical (unpaired) electrons. The Hall–Kier alpha value is -1.44. The summed E-state index contributed by atoms with van der Waals surface area (Å²) >= 11 is 0. The van der Waals surface area contributed by atoms with Gasteiger partial charge in [0.15, 0.2) is 0 Å². The Morgan fingerprint density at radius 1 is 1.55 bits per heavy atom. The SMILES string of the molecule is C=CNCc1cccc(O)c1. The lowest BCUT2D eigenvalue weighted by molar-refractivity contribution is 0.474. The summed E-state index contributed by atoms with van der Waals surface area (Å²) in [4.78, 5) is 0. The largest absolute Gasteiger partial charge is 0.508 e. The fourth-order valence-electron chi connectivity index (χ4n) is 0.856. The van der Waals surface area contributed by atoms with Gasteiger partial charge >= 0.3 is 0 Å². The third-order valence-corrected chi connectivity index (χ3v) is 1.36. The first-order valence-corrected chi connectivity index (χ1v) is 3.45. The molecule has 2 heteroatoms. The summed E-state index contributed by atoms with van der Waals surface area (Å²) in [6.45, 7) is 4.23. The summed E-state index contributed by atoms with van der Waals surface area (Å²) < 4.78 is 0. The molecule has 0 saturated carbocycles. The zero-order chi connectivity index (χ0) is 8.10. The molecule has 58 valence electrons. The number of nitrogens with one attached hydrogen (secondary N) is 1. The molecule has 1 aromatic carbocycles. The van der Waals surface area contributed by atoms with Crippen molar-refractivity contribution < 1.29 is 5.11 Å².